The van der Waals surface area contributed by atoms with Gasteiger partial charge in [0.25, 0.3) is 5.78 Å². The van der Waals surface area contributed by atoms with E-state index >= 15 is 0 Å². The van der Waals surface area contributed by atoms with Crippen LogP contribution in [0.5, 0.6) is 11.5 Å². The Labute approximate surface area is 152 Å². The van der Waals surface area contributed by atoms with E-state index in [9.17, 15) is 4.79 Å². The van der Waals surface area contributed by atoms with Crippen LogP contribution < -0.4 is 9.47 Å². The summed E-state index contributed by atoms with van der Waals surface area (Å²) in [4.78, 5) is 22.0. The van der Waals surface area contributed by atoms with Crippen LogP contribution in [0.3, 0.4) is 0 Å². The van der Waals surface area contributed by atoms with Crippen molar-refractivity contribution in [3.63, 3.8) is 0 Å². The predicted molar refractivity (Wildman–Crippen MR) is 97.1 cm³/mol. The Morgan fingerprint density at radius 2 is 1.96 bits per heavy atom. The molecule has 3 heterocycles. The van der Waals surface area contributed by atoms with Crippen molar-refractivity contribution in [3.05, 3.63) is 58.7 Å². The molecule has 0 atom stereocenters. The molecule has 26 heavy (non-hydrogen) atoms. The van der Waals surface area contributed by atoms with Crippen molar-refractivity contribution in [3.8, 4) is 22.8 Å². The molecule has 0 saturated heterocycles. The third-order valence-electron chi connectivity index (χ3n) is 3.95. The van der Waals surface area contributed by atoms with Gasteiger partial charge in [-0.2, -0.15) is 14.6 Å². The Hall–Kier alpha value is -3.26. The van der Waals surface area contributed by atoms with Crippen LogP contribution in [0.1, 0.15) is 15.2 Å². The summed E-state index contributed by atoms with van der Waals surface area (Å²) in [6, 6.07) is 9.08. The lowest BCUT2D eigenvalue weighted by Gasteiger charge is -2.13. The molecule has 3 aromatic heterocycles. The maximum atomic E-state index is 13.0. The SMILES string of the molecule is COc1ccc(-c2c(C(=O)c3cccs3)cnc3ncnn23)cc1OC. The number of nitrogens with zero attached hydrogens (tertiary/aromatic N) is 4. The number of methoxy groups -OCH3 is 2. The van der Waals surface area contributed by atoms with E-state index in [1.807, 2.05) is 17.5 Å². The summed E-state index contributed by atoms with van der Waals surface area (Å²) < 4.78 is 12.3. The largest absolute Gasteiger partial charge is 0.493 e. The normalized spacial score (nSPS) is 10.8. The predicted octanol–water partition coefficient (Wildman–Crippen LogP) is 3.10. The zero-order valence-electron chi connectivity index (χ0n) is 14.0. The van der Waals surface area contributed by atoms with Gasteiger partial charge in [-0.15, -0.1) is 11.3 Å². The van der Waals surface area contributed by atoms with Crippen LogP contribution in [0.4, 0.5) is 0 Å². The third-order valence-corrected chi connectivity index (χ3v) is 4.82. The highest BCUT2D eigenvalue weighted by Gasteiger charge is 2.21. The Morgan fingerprint density at radius 1 is 1.12 bits per heavy atom. The fourth-order valence-electron chi connectivity index (χ4n) is 2.75. The minimum atomic E-state index is -0.116. The van der Waals surface area contributed by atoms with Crippen molar-refractivity contribution >= 4 is 22.9 Å². The van der Waals surface area contributed by atoms with Gasteiger partial charge in [-0.05, 0) is 29.6 Å². The molecule has 0 aliphatic heterocycles. The Bertz CT molecular complexity index is 1090. The van der Waals surface area contributed by atoms with E-state index in [-0.39, 0.29) is 5.78 Å². The molecule has 7 nitrogen and oxygen atoms in total. The molecule has 0 bridgehead atoms. The highest BCUT2D eigenvalue weighted by Crippen LogP contribution is 2.34. The lowest BCUT2D eigenvalue weighted by molar-refractivity contribution is 0.104. The molecule has 0 aliphatic carbocycles. The lowest BCUT2D eigenvalue weighted by Crippen LogP contribution is -2.08. The summed E-state index contributed by atoms with van der Waals surface area (Å²) in [5, 5.41) is 6.11. The van der Waals surface area contributed by atoms with Gasteiger partial charge >= 0.3 is 0 Å². The molecule has 0 aliphatic rings. The number of aromatic nitrogens is 4. The average Bonchev–Trinajstić information content (AvgIpc) is 3.37. The summed E-state index contributed by atoms with van der Waals surface area (Å²) >= 11 is 1.38. The topological polar surface area (TPSA) is 78.6 Å². The first-order valence-electron chi connectivity index (χ1n) is 7.72. The summed E-state index contributed by atoms with van der Waals surface area (Å²) in [7, 11) is 3.14. The molecule has 8 heteroatoms. The van der Waals surface area contributed by atoms with Crippen LogP contribution in [0, 0.1) is 0 Å². The van der Waals surface area contributed by atoms with E-state index in [0.717, 1.165) is 5.56 Å². The number of thiophene rings is 1. The van der Waals surface area contributed by atoms with E-state index in [1.165, 1.54) is 23.9 Å². The molecule has 130 valence electrons. The summed E-state index contributed by atoms with van der Waals surface area (Å²) in [5.41, 5.74) is 1.80. The lowest BCUT2D eigenvalue weighted by atomic mass is 10.0. The van der Waals surface area contributed by atoms with Crippen LogP contribution >= 0.6 is 11.3 Å². The van der Waals surface area contributed by atoms with Gasteiger partial charge in [0.05, 0.1) is 30.4 Å². The fraction of sp³-hybridized carbons (Fsp3) is 0.111. The number of rotatable bonds is 5. The first kappa shape index (κ1) is 16.2. The fourth-order valence-corrected chi connectivity index (χ4v) is 3.42. The summed E-state index contributed by atoms with van der Waals surface area (Å²) in [6.45, 7) is 0. The second-order valence-electron chi connectivity index (χ2n) is 5.37. The minimum Gasteiger partial charge on any atom is -0.493 e. The number of carbonyl (C=O) groups is 1. The first-order chi connectivity index (χ1) is 12.7. The molecular formula is C18H14N4O3S. The second kappa shape index (κ2) is 6.57. The van der Waals surface area contributed by atoms with E-state index in [4.69, 9.17) is 9.47 Å². The number of benzene rings is 1. The van der Waals surface area contributed by atoms with Crippen molar-refractivity contribution < 1.29 is 14.3 Å². The van der Waals surface area contributed by atoms with Crippen LogP contribution in [0.15, 0.2) is 48.2 Å². The number of hydrogen-bond donors (Lipinski definition) is 0. The van der Waals surface area contributed by atoms with Crippen LogP contribution in [0.2, 0.25) is 0 Å². The highest BCUT2D eigenvalue weighted by atomic mass is 32.1. The third kappa shape index (κ3) is 2.60. The van der Waals surface area contributed by atoms with Crippen molar-refractivity contribution in [1.29, 1.82) is 0 Å². The Morgan fingerprint density at radius 3 is 2.69 bits per heavy atom. The highest BCUT2D eigenvalue weighted by molar-refractivity contribution is 7.12. The zero-order valence-corrected chi connectivity index (χ0v) is 14.9. The smallest absolute Gasteiger partial charge is 0.252 e. The first-order valence-corrected chi connectivity index (χ1v) is 8.60. The quantitative estimate of drug-likeness (QED) is 0.505. The van der Waals surface area contributed by atoms with E-state index in [1.54, 1.807) is 36.9 Å². The number of fused-ring (bicyclic) bond motifs is 1. The van der Waals surface area contributed by atoms with Crippen molar-refractivity contribution in [2.45, 2.75) is 0 Å². The zero-order chi connectivity index (χ0) is 18.1. The Balaban J connectivity index is 1.97. The molecule has 0 radical (unpaired) electrons. The molecule has 0 saturated carbocycles. The van der Waals surface area contributed by atoms with Gasteiger partial charge in [-0.3, -0.25) is 4.79 Å². The van der Waals surface area contributed by atoms with E-state index in [0.29, 0.717) is 33.4 Å². The second-order valence-corrected chi connectivity index (χ2v) is 6.32. The van der Waals surface area contributed by atoms with Gasteiger partial charge in [0.15, 0.2) is 11.5 Å². The monoisotopic (exact) mass is 366 g/mol. The summed E-state index contributed by atoms with van der Waals surface area (Å²) in [5.74, 6) is 1.46. The number of hydrogen-bond acceptors (Lipinski definition) is 7. The average molecular weight is 366 g/mol. The van der Waals surface area contributed by atoms with Gasteiger partial charge in [0.1, 0.15) is 6.33 Å². The van der Waals surface area contributed by atoms with Crippen LogP contribution in [-0.4, -0.2) is 39.6 Å². The standard InChI is InChI=1S/C18H14N4O3S/c1-24-13-6-5-11(8-14(13)25-2)16-12(17(23)15-4-3-7-26-15)9-19-18-20-10-21-22(16)18/h3-10H,1-2H3. The van der Waals surface area contributed by atoms with Gasteiger partial charge in [-0.1, -0.05) is 6.07 Å². The molecule has 0 spiro atoms. The molecule has 4 rings (SSSR count). The van der Waals surface area contributed by atoms with Gasteiger partial charge in [-0.25, -0.2) is 4.98 Å². The maximum absolute atomic E-state index is 13.0. The van der Waals surface area contributed by atoms with Crippen LogP contribution in [0.25, 0.3) is 17.0 Å². The molecule has 0 amide bonds. The number of carbonyl (C=O) groups excluding carboxylic acids is 1. The molecule has 0 unspecified atom stereocenters. The Kier molecular flexibility index (Phi) is 4.10. The van der Waals surface area contributed by atoms with Crippen LogP contribution in [-0.2, 0) is 0 Å². The van der Waals surface area contributed by atoms with Gasteiger partial charge < -0.3 is 9.47 Å². The van der Waals surface area contributed by atoms with E-state index in [2.05, 4.69) is 15.1 Å². The molecule has 0 fully saturated rings. The maximum Gasteiger partial charge on any atom is 0.252 e. The van der Waals surface area contributed by atoms with Gasteiger partial charge in [0.2, 0.25) is 5.78 Å². The minimum absolute atomic E-state index is 0.116. The van der Waals surface area contributed by atoms with Crippen molar-refractivity contribution in [2.75, 3.05) is 14.2 Å². The molecule has 4 aromatic rings. The van der Waals surface area contributed by atoms with Gasteiger partial charge in [0, 0.05) is 11.8 Å². The number of ether oxygens (including phenoxy) is 2. The summed E-state index contributed by atoms with van der Waals surface area (Å²) in [6.07, 6.45) is 2.95. The molecule has 0 N–H and O–H groups in total. The molecular weight excluding hydrogens is 352 g/mol. The van der Waals surface area contributed by atoms with Crippen molar-refractivity contribution in [2.24, 2.45) is 0 Å². The van der Waals surface area contributed by atoms with E-state index < -0.39 is 0 Å². The number of ketones is 1. The van der Waals surface area contributed by atoms with Crippen molar-refractivity contribution in [1.82, 2.24) is 19.6 Å². The molecule has 1 aromatic carbocycles.